The summed E-state index contributed by atoms with van der Waals surface area (Å²) >= 11 is 0. The third-order valence-corrected chi connectivity index (χ3v) is 11.5. The van der Waals surface area contributed by atoms with E-state index in [-0.39, 0.29) is 48.9 Å². The molecule has 15 nitrogen and oxygen atoms in total. The Morgan fingerprint density at radius 3 is 2.26 bits per heavy atom. The lowest BCUT2D eigenvalue weighted by Gasteiger charge is -2.39. The summed E-state index contributed by atoms with van der Waals surface area (Å²) in [7, 11) is 8.38. The zero-order valence-corrected chi connectivity index (χ0v) is 36.1. The number of carbonyl (C=O) groups excluding carboxylic acids is 4. The van der Waals surface area contributed by atoms with E-state index in [1.165, 1.54) is 14.2 Å². The van der Waals surface area contributed by atoms with Crippen LogP contribution in [0.2, 0.25) is 0 Å². The van der Waals surface area contributed by atoms with Gasteiger partial charge in [-0.2, -0.15) is 0 Å². The quantitative estimate of drug-likeness (QED) is 0.129. The number of hydrogen-bond donors (Lipinski definition) is 4. The van der Waals surface area contributed by atoms with Crippen LogP contribution in [0, 0.1) is 17.8 Å². The lowest BCUT2D eigenvalue weighted by atomic mass is 9.90. The summed E-state index contributed by atoms with van der Waals surface area (Å²) in [4.78, 5) is 76.6. The average Bonchev–Trinajstić information content (AvgIpc) is 3.69. The molecule has 6 unspecified atom stereocenters. The largest absolute Gasteiger partial charge is 0.480 e. The predicted octanol–water partition coefficient (Wildman–Crippen LogP) is 3.43. The number of benzene rings is 1. The Kier molecular flexibility index (Phi) is 19.0. The van der Waals surface area contributed by atoms with Crippen LogP contribution in [-0.2, 0) is 46.4 Å². The Morgan fingerprint density at radius 2 is 1.67 bits per heavy atom. The molecule has 4 amide bonds. The van der Waals surface area contributed by atoms with Crippen LogP contribution >= 0.6 is 0 Å². The summed E-state index contributed by atoms with van der Waals surface area (Å²) in [5.74, 6) is -2.50. The highest BCUT2D eigenvalue weighted by atomic mass is 16.5. The zero-order chi connectivity index (χ0) is 43.1. The van der Waals surface area contributed by atoms with Gasteiger partial charge in [-0.05, 0) is 55.0 Å². The Morgan fingerprint density at radius 1 is 0.983 bits per heavy atom. The molecular weight excluding hydrogens is 743 g/mol. The molecule has 0 saturated carbocycles. The number of carboxylic acids is 1. The van der Waals surface area contributed by atoms with Crippen LogP contribution in [0.1, 0.15) is 71.4 Å². The number of methoxy groups -OCH3 is 2. The summed E-state index contributed by atoms with van der Waals surface area (Å²) in [6.07, 6.45) is 2.48. The van der Waals surface area contributed by atoms with Crippen LogP contribution in [-0.4, -0.2) is 139 Å². The topological polar surface area (TPSA) is 183 Å². The van der Waals surface area contributed by atoms with Crippen molar-refractivity contribution in [1.82, 2.24) is 30.3 Å². The molecule has 2 heterocycles. The van der Waals surface area contributed by atoms with Crippen LogP contribution in [0.3, 0.4) is 0 Å². The molecule has 0 aliphatic carbocycles. The fourth-order valence-corrected chi connectivity index (χ4v) is 8.18. The van der Waals surface area contributed by atoms with Gasteiger partial charge in [-0.25, -0.2) is 9.78 Å². The van der Waals surface area contributed by atoms with Crippen LogP contribution in [0.5, 0.6) is 0 Å². The molecule has 322 valence electrons. The highest BCUT2D eigenvalue weighted by Crippen LogP contribution is 2.29. The van der Waals surface area contributed by atoms with E-state index >= 15 is 0 Å². The molecular formula is C43H67N7O8. The first-order chi connectivity index (χ1) is 27.6. The molecule has 8 atom stereocenters. The van der Waals surface area contributed by atoms with E-state index in [0.717, 1.165) is 16.9 Å². The third-order valence-electron chi connectivity index (χ3n) is 11.5. The van der Waals surface area contributed by atoms with Gasteiger partial charge in [-0.3, -0.25) is 24.1 Å². The van der Waals surface area contributed by atoms with Gasteiger partial charge in [0.2, 0.25) is 23.6 Å². The Bertz CT molecular complexity index is 1650. The predicted molar refractivity (Wildman–Crippen MR) is 223 cm³/mol. The number of hydrogen-bond acceptors (Lipinski definition) is 10. The molecule has 0 radical (unpaired) electrons. The lowest BCUT2D eigenvalue weighted by Crippen LogP contribution is -2.55. The highest BCUT2D eigenvalue weighted by Gasteiger charge is 2.42. The van der Waals surface area contributed by atoms with Crippen molar-refractivity contribution >= 4 is 35.4 Å². The molecule has 0 spiro atoms. The standard InChI is InChI=1S/C43H67N7O8/c1-11-28(4)39(49(8)37(52)25-46-42(54)38(27(2)3)48(7)26-31-19-20-45-35(23-31)44-6)34(57-9)24-36(51)50-21-15-18-33(50)40(58-10)29(5)41(53)47-32(43(55)56)22-30-16-13-12-14-17-30/h12-14,16-17,19-20,23,27-29,32-34,38-40H,11,15,18,21-22,24-26H2,1-10H3,(H,44,45)(H,46,54)(H,47,53)(H,55,56)/t28?,29?,32-,33?,34?,38?,39?,40+/m0/s1. The number of amides is 4. The number of aromatic nitrogens is 1. The first-order valence-electron chi connectivity index (χ1n) is 20.4. The molecule has 1 aromatic heterocycles. The summed E-state index contributed by atoms with van der Waals surface area (Å²) in [6.45, 7) is 10.4. The molecule has 0 bridgehead atoms. The van der Waals surface area contributed by atoms with E-state index in [4.69, 9.17) is 9.47 Å². The van der Waals surface area contributed by atoms with Crippen molar-refractivity contribution in [2.24, 2.45) is 17.8 Å². The second-order valence-corrected chi connectivity index (χ2v) is 15.9. The normalized spacial score (nSPS) is 17.8. The van der Waals surface area contributed by atoms with Gasteiger partial charge in [0.1, 0.15) is 11.9 Å². The van der Waals surface area contributed by atoms with E-state index in [2.05, 4.69) is 20.9 Å². The van der Waals surface area contributed by atoms with E-state index in [0.29, 0.717) is 32.4 Å². The van der Waals surface area contributed by atoms with Crippen LogP contribution in [0.15, 0.2) is 48.7 Å². The molecule has 1 fully saturated rings. The van der Waals surface area contributed by atoms with Crippen LogP contribution in [0.4, 0.5) is 5.82 Å². The van der Waals surface area contributed by atoms with E-state index in [1.54, 1.807) is 37.0 Å². The van der Waals surface area contributed by atoms with Gasteiger partial charge in [0, 0.05) is 54.0 Å². The number of ether oxygens (including phenoxy) is 2. The van der Waals surface area contributed by atoms with Crippen molar-refractivity contribution in [3.8, 4) is 0 Å². The fraction of sp³-hybridized carbons (Fsp3) is 0.628. The number of carboxylic acid groups (broad SMARTS) is 1. The van der Waals surface area contributed by atoms with Crippen molar-refractivity contribution in [3.63, 3.8) is 0 Å². The van der Waals surface area contributed by atoms with Crippen molar-refractivity contribution in [2.75, 3.05) is 53.8 Å². The van der Waals surface area contributed by atoms with Gasteiger partial charge < -0.3 is 40.3 Å². The van der Waals surface area contributed by atoms with Crippen molar-refractivity contribution < 1.29 is 38.6 Å². The van der Waals surface area contributed by atoms with Crippen LogP contribution < -0.4 is 16.0 Å². The van der Waals surface area contributed by atoms with Gasteiger partial charge in [0.25, 0.3) is 0 Å². The second kappa shape index (κ2) is 23.1. The number of rotatable bonds is 23. The van der Waals surface area contributed by atoms with Crippen molar-refractivity contribution in [3.05, 3.63) is 59.8 Å². The Hall–Kier alpha value is -4.60. The average molecular weight is 810 g/mol. The smallest absolute Gasteiger partial charge is 0.326 e. The SMILES string of the molecule is CCC(C)C(C(CC(=O)N1CCCC1[C@H](OC)C(C)C(=O)N[C@@H](Cc1ccccc1)C(=O)O)OC)N(C)C(=O)CNC(=O)C(C(C)C)N(C)Cc1ccnc(NC)c1. The zero-order valence-electron chi connectivity index (χ0n) is 36.1. The van der Waals surface area contributed by atoms with Gasteiger partial charge in [-0.1, -0.05) is 71.4 Å². The molecule has 3 rings (SSSR count). The minimum Gasteiger partial charge on any atom is -0.480 e. The van der Waals surface area contributed by atoms with Crippen molar-refractivity contribution in [2.45, 2.75) is 110 Å². The first kappa shape index (κ1) is 47.8. The Labute approximate surface area is 344 Å². The second-order valence-electron chi connectivity index (χ2n) is 15.9. The number of nitrogens with zero attached hydrogens (tertiary/aromatic N) is 4. The summed E-state index contributed by atoms with van der Waals surface area (Å²) < 4.78 is 11.8. The molecule has 1 saturated heterocycles. The summed E-state index contributed by atoms with van der Waals surface area (Å²) in [6, 6.07) is 10.4. The highest BCUT2D eigenvalue weighted by molar-refractivity contribution is 5.88. The van der Waals surface area contributed by atoms with Gasteiger partial charge in [0.05, 0.1) is 49.2 Å². The van der Waals surface area contributed by atoms with Gasteiger partial charge in [-0.15, -0.1) is 0 Å². The van der Waals surface area contributed by atoms with Crippen LogP contribution in [0.25, 0.3) is 0 Å². The molecule has 1 aliphatic rings. The maximum atomic E-state index is 14.1. The summed E-state index contributed by atoms with van der Waals surface area (Å²) in [5.41, 5.74) is 1.78. The number of anilines is 1. The molecule has 4 N–H and O–H groups in total. The van der Waals surface area contributed by atoms with E-state index in [1.807, 2.05) is 82.1 Å². The lowest BCUT2D eigenvalue weighted by molar-refractivity contribution is -0.147. The van der Waals surface area contributed by atoms with Gasteiger partial charge >= 0.3 is 5.97 Å². The maximum absolute atomic E-state index is 14.1. The molecule has 1 aromatic carbocycles. The molecule has 2 aromatic rings. The number of pyridine rings is 1. The molecule has 15 heteroatoms. The van der Waals surface area contributed by atoms with E-state index in [9.17, 15) is 29.1 Å². The molecule has 58 heavy (non-hydrogen) atoms. The minimum atomic E-state index is -1.14. The van der Waals surface area contributed by atoms with E-state index < -0.39 is 54.2 Å². The fourth-order valence-electron chi connectivity index (χ4n) is 8.18. The minimum absolute atomic E-state index is 0.0222. The third kappa shape index (κ3) is 13.0. The monoisotopic (exact) mass is 810 g/mol. The number of aliphatic carboxylic acids is 1. The van der Waals surface area contributed by atoms with Gasteiger partial charge in [0.15, 0.2) is 0 Å². The molecule has 1 aliphatic heterocycles. The number of likely N-dealkylation sites (N-methyl/N-ethyl adjacent to an activating group) is 2. The number of carbonyl (C=O) groups is 5. The number of likely N-dealkylation sites (tertiary alicyclic amines) is 1. The number of nitrogens with one attached hydrogen (secondary N) is 3. The maximum Gasteiger partial charge on any atom is 0.326 e. The summed E-state index contributed by atoms with van der Waals surface area (Å²) in [5, 5.41) is 18.5. The van der Waals surface area contributed by atoms with Crippen molar-refractivity contribution in [1.29, 1.82) is 0 Å². The first-order valence-corrected chi connectivity index (χ1v) is 20.4. The Balaban J connectivity index is 1.69.